The first kappa shape index (κ1) is 22.0. The largest absolute Gasteiger partial charge is 0.496 e. The van der Waals surface area contributed by atoms with Gasteiger partial charge in [0.1, 0.15) is 5.75 Å². The third-order valence-electron chi connectivity index (χ3n) is 5.19. The highest BCUT2D eigenvalue weighted by Crippen LogP contribution is 2.25. The topological polar surface area (TPSA) is 89.0 Å². The van der Waals surface area contributed by atoms with E-state index in [1.165, 1.54) is 0 Å². The van der Waals surface area contributed by atoms with E-state index in [-0.39, 0.29) is 5.91 Å². The van der Waals surface area contributed by atoms with Crippen LogP contribution in [0.4, 0.5) is 17.3 Å². The standard InChI is InChI=1S/C26H25N5O2/c1-18-9-11-21(29-25(32)12-10-19-6-3-4-8-24(19)33-2)16-23(18)31-26-28-15-13-22(30-26)20-7-5-14-27-17-20/h3-9,11,13-17H,10,12H2,1-2H3,(H,29,32)(H,28,30,31). The van der Waals surface area contributed by atoms with Gasteiger partial charge in [0.15, 0.2) is 0 Å². The van der Waals surface area contributed by atoms with Crippen LogP contribution in [0.2, 0.25) is 0 Å². The fraction of sp³-hybridized carbons (Fsp3) is 0.154. The molecule has 1 amide bonds. The summed E-state index contributed by atoms with van der Waals surface area (Å²) < 4.78 is 5.36. The summed E-state index contributed by atoms with van der Waals surface area (Å²) in [5.41, 5.74) is 5.23. The quantitative estimate of drug-likeness (QED) is 0.394. The van der Waals surface area contributed by atoms with Crippen molar-refractivity contribution in [3.05, 3.63) is 90.4 Å². The molecule has 0 fully saturated rings. The first-order valence-electron chi connectivity index (χ1n) is 10.7. The number of amides is 1. The van der Waals surface area contributed by atoms with E-state index in [0.717, 1.165) is 33.8 Å². The smallest absolute Gasteiger partial charge is 0.227 e. The van der Waals surface area contributed by atoms with E-state index in [4.69, 9.17) is 4.74 Å². The van der Waals surface area contributed by atoms with Gasteiger partial charge in [-0.25, -0.2) is 9.97 Å². The van der Waals surface area contributed by atoms with Gasteiger partial charge in [0.05, 0.1) is 12.8 Å². The van der Waals surface area contributed by atoms with Gasteiger partial charge in [-0.05, 0) is 60.9 Å². The van der Waals surface area contributed by atoms with E-state index in [1.54, 1.807) is 25.7 Å². The summed E-state index contributed by atoms with van der Waals surface area (Å²) >= 11 is 0. The Morgan fingerprint density at radius 2 is 1.91 bits per heavy atom. The van der Waals surface area contributed by atoms with Crippen LogP contribution in [0.15, 0.2) is 79.3 Å². The van der Waals surface area contributed by atoms with Gasteiger partial charge in [-0.1, -0.05) is 24.3 Å². The summed E-state index contributed by atoms with van der Waals surface area (Å²) in [7, 11) is 1.63. The number of aromatic nitrogens is 3. The highest BCUT2D eigenvalue weighted by molar-refractivity contribution is 5.91. The lowest BCUT2D eigenvalue weighted by Gasteiger charge is -2.12. The van der Waals surface area contributed by atoms with Gasteiger partial charge in [0, 0.05) is 41.9 Å². The van der Waals surface area contributed by atoms with E-state index < -0.39 is 0 Å². The Kier molecular flexibility index (Phi) is 6.90. The molecule has 2 N–H and O–H groups in total. The zero-order valence-electron chi connectivity index (χ0n) is 18.6. The van der Waals surface area contributed by atoms with Crippen molar-refractivity contribution in [2.24, 2.45) is 0 Å². The number of ether oxygens (including phenoxy) is 1. The predicted molar refractivity (Wildman–Crippen MR) is 130 cm³/mol. The van der Waals surface area contributed by atoms with Gasteiger partial charge >= 0.3 is 0 Å². The van der Waals surface area contributed by atoms with Crippen LogP contribution in [0, 0.1) is 6.92 Å². The maximum atomic E-state index is 12.5. The van der Waals surface area contributed by atoms with Crippen LogP contribution in [0.5, 0.6) is 5.75 Å². The van der Waals surface area contributed by atoms with Crippen molar-refractivity contribution in [2.75, 3.05) is 17.7 Å². The molecule has 33 heavy (non-hydrogen) atoms. The second-order valence-electron chi connectivity index (χ2n) is 7.52. The summed E-state index contributed by atoms with van der Waals surface area (Å²) in [6.07, 6.45) is 6.15. The number of hydrogen-bond donors (Lipinski definition) is 2. The Balaban J connectivity index is 1.43. The Hall–Kier alpha value is -4.26. The van der Waals surface area contributed by atoms with E-state index in [1.807, 2.05) is 67.6 Å². The lowest BCUT2D eigenvalue weighted by molar-refractivity contribution is -0.116. The molecule has 0 saturated carbocycles. The molecule has 0 unspecified atom stereocenters. The molecular weight excluding hydrogens is 414 g/mol. The number of pyridine rings is 1. The average Bonchev–Trinajstić information content (AvgIpc) is 2.85. The summed E-state index contributed by atoms with van der Waals surface area (Å²) in [6, 6.07) is 19.1. The third kappa shape index (κ3) is 5.71. The number of anilines is 3. The number of carbonyl (C=O) groups excluding carboxylic acids is 1. The summed E-state index contributed by atoms with van der Waals surface area (Å²) in [5, 5.41) is 6.23. The Bertz CT molecular complexity index is 1240. The molecule has 0 aliphatic carbocycles. The van der Waals surface area contributed by atoms with Crippen molar-refractivity contribution < 1.29 is 9.53 Å². The van der Waals surface area contributed by atoms with Crippen molar-refractivity contribution in [3.63, 3.8) is 0 Å². The number of para-hydroxylation sites is 1. The number of nitrogens with one attached hydrogen (secondary N) is 2. The van der Waals surface area contributed by atoms with Gasteiger partial charge in [-0.15, -0.1) is 0 Å². The Labute approximate surface area is 192 Å². The number of aryl methyl sites for hydroxylation is 2. The first-order valence-corrected chi connectivity index (χ1v) is 10.7. The lowest BCUT2D eigenvalue weighted by atomic mass is 10.1. The number of methoxy groups -OCH3 is 1. The molecule has 0 radical (unpaired) electrons. The van der Waals surface area contributed by atoms with Crippen LogP contribution >= 0.6 is 0 Å². The van der Waals surface area contributed by atoms with Crippen LogP contribution in [0.3, 0.4) is 0 Å². The van der Waals surface area contributed by atoms with Crippen molar-refractivity contribution in [3.8, 4) is 17.0 Å². The van der Waals surface area contributed by atoms with Crippen molar-refractivity contribution >= 4 is 23.2 Å². The zero-order valence-corrected chi connectivity index (χ0v) is 18.6. The Morgan fingerprint density at radius 1 is 1.03 bits per heavy atom. The fourth-order valence-corrected chi connectivity index (χ4v) is 3.43. The van der Waals surface area contributed by atoms with E-state index in [9.17, 15) is 4.79 Å². The maximum Gasteiger partial charge on any atom is 0.227 e. The van der Waals surface area contributed by atoms with E-state index >= 15 is 0 Å². The zero-order chi connectivity index (χ0) is 23.0. The number of nitrogens with zero attached hydrogens (tertiary/aromatic N) is 3. The maximum absolute atomic E-state index is 12.5. The van der Waals surface area contributed by atoms with Gasteiger partial charge in [-0.2, -0.15) is 0 Å². The van der Waals surface area contributed by atoms with Crippen LogP contribution in [-0.2, 0) is 11.2 Å². The second-order valence-corrected chi connectivity index (χ2v) is 7.52. The van der Waals surface area contributed by atoms with Crippen molar-refractivity contribution in [1.29, 1.82) is 0 Å². The molecule has 0 saturated heterocycles. The molecule has 166 valence electrons. The molecule has 0 atom stereocenters. The molecule has 2 aromatic carbocycles. The second kappa shape index (κ2) is 10.4. The highest BCUT2D eigenvalue weighted by Gasteiger charge is 2.09. The van der Waals surface area contributed by atoms with Crippen molar-refractivity contribution in [1.82, 2.24) is 15.0 Å². The average molecular weight is 440 g/mol. The van der Waals surface area contributed by atoms with Crippen LogP contribution in [-0.4, -0.2) is 28.0 Å². The van der Waals surface area contributed by atoms with Gasteiger partial charge in [0.25, 0.3) is 0 Å². The third-order valence-corrected chi connectivity index (χ3v) is 5.19. The number of carbonyl (C=O) groups is 1. The lowest BCUT2D eigenvalue weighted by Crippen LogP contribution is -2.13. The normalized spacial score (nSPS) is 10.5. The molecule has 4 rings (SSSR count). The molecule has 7 nitrogen and oxygen atoms in total. The first-order chi connectivity index (χ1) is 16.1. The number of hydrogen-bond acceptors (Lipinski definition) is 6. The molecule has 7 heteroatoms. The summed E-state index contributed by atoms with van der Waals surface area (Å²) in [6.45, 7) is 1.99. The van der Waals surface area contributed by atoms with Crippen LogP contribution in [0.1, 0.15) is 17.5 Å². The Morgan fingerprint density at radius 3 is 2.73 bits per heavy atom. The minimum absolute atomic E-state index is 0.0643. The van der Waals surface area contributed by atoms with Gasteiger partial charge < -0.3 is 15.4 Å². The fourth-order valence-electron chi connectivity index (χ4n) is 3.43. The van der Waals surface area contributed by atoms with E-state index in [0.29, 0.717) is 24.5 Å². The highest BCUT2D eigenvalue weighted by atomic mass is 16.5. The van der Waals surface area contributed by atoms with Gasteiger partial charge in [-0.3, -0.25) is 9.78 Å². The number of benzene rings is 2. The van der Waals surface area contributed by atoms with E-state index in [2.05, 4.69) is 25.6 Å². The minimum atomic E-state index is -0.0643. The predicted octanol–water partition coefficient (Wildman–Crippen LogP) is 5.17. The molecular formula is C26H25N5O2. The molecule has 0 spiro atoms. The molecule has 0 bridgehead atoms. The SMILES string of the molecule is COc1ccccc1CCC(=O)Nc1ccc(C)c(Nc2nccc(-c3cccnc3)n2)c1. The summed E-state index contributed by atoms with van der Waals surface area (Å²) in [4.78, 5) is 25.6. The number of rotatable bonds is 8. The minimum Gasteiger partial charge on any atom is -0.496 e. The van der Waals surface area contributed by atoms with Crippen LogP contribution < -0.4 is 15.4 Å². The monoisotopic (exact) mass is 439 g/mol. The van der Waals surface area contributed by atoms with Crippen molar-refractivity contribution in [2.45, 2.75) is 19.8 Å². The molecule has 0 aliphatic heterocycles. The molecule has 4 aromatic rings. The summed E-state index contributed by atoms with van der Waals surface area (Å²) in [5.74, 6) is 1.20. The molecule has 2 heterocycles. The van der Waals surface area contributed by atoms with Crippen LogP contribution in [0.25, 0.3) is 11.3 Å². The molecule has 2 aromatic heterocycles. The molecule has 0 aliphatic rings. The van der Waals surface area contributed by atoms with Gasteiger partial charge in [0.2, 0.25) is 11.9 Å².